The van der Waals surface area contributed by atoms with Gasteiger partial charge in [-0.25, -0.2) is 8.42 Å². The van der Waals surface area contributed by atoms with Gasteiger partial charge in [0.25, 0.3) is 5.91 Å². The molecule has 2 fully saturated rings. The fraction of sp³-hybridized carbons (Fsp3) is 0.500. The maximum atomic E-state index is 13.0. The van der Waals surface area contributed by atoms with Gasteiger partial charge in [0.15, 0.2) is 0 Å². The second-order valence-corrected chi connectivity index (χ2v) is 9.46. The topological polar surface area (TPSA) is 107 Å². The van der Waals surface area contributed by atoms with Crippen molar-refractivity contribution in [2.75, 3.05) is 39.5 Å². The normalized spacial score (nSPS) is 20.5. The SMILES string of the molecule is Cn1cc(C(=O)NC[C@@H]2CCCO2)c(=O)c2cc(S(=O)(=O)N3CCOCC3)ccc21. The summed E-state index contributed by atoms with van der Waals surface area (Å²) in [5.74, 6) is -0.491. The number of sulfonamides is 1. The molecule has 0 aliphatic carbocycles. The van der Waals surface area contributed by atoms with E-state index in [2.05, 4.69) is 5.32 Å². The summed E-state index contributed by atoms with van der Waals surface area (Å²) in [6, 6.07) is 4.45. The second kappa shape index (κ2) is 8.46. The lowest BCUT2D eigenvalue weighted by Crippen LogP contribution is -2.40. The van der Waals surface area contributed by atoms with Crippen molar-refractivity contribution in [1.29, 1.82) is 0 Å². The van der Waals surface area contributed by atoms with E-state index in [1.54, 1.807) is 17.7 Å². The molecule has 1 aromatic carbocycles. The molecule has 0 unspecified atom stereocenters. The number of aromatic nitrogens is 1. The third-order valence-corrected chi connectivity index (χ3v) is 7.42. The number of carbonyl (C=O) groups excluding carboxylic acids is 1. The molecule has 2 aliphatic heterocycles. The summed E-state index contributed by atoms with van der Waals surface area (Å²) in [7, 11) is -2.03. The molecule has 3 heterocycles. The van der Waals surface area contributed by atoms with E-state index in [1.807, 2.05) is 0 Å². The average molecular weight is 436 g/mol. The summed E-state index contributed by atoms with van der Waals surface area (Å²) in [6.07, 6.45) is 3.27. The standard InChI is InChI=1S/C20H25N3O6S/c1-22-13-17(20(25)21-12-14-3-2-8-29-14)19(24)16-11-15(4-5-18(16)22)30(26,27)23-6-9-28-10-7-23/h4-5,11,13-14H,2-3,6-10,12H2,1H3,(H,21,25)/t14-/m0/s1. The van der Waals surface area contributed by atoms with E-state index in [9.17, 15) is 18.0 Å². The van der Waals surface area contributed by atoms with Crippen LogP contribution in [0.5, 0.6) is 0 Å². The van der Waals surface area contributed by atoms with E-state index in [0.717, 1.165) is 12.8 Å². The van der Waals surface area contributed by atoms with Gasteiger partial charge in [0.05, 0.1) is 29.7 Å². The number of nitrogens with zero attached hydrogens (tertiary/aromatic N) is 2. The van der Waals surface area contributed by atoms with E-state index in [1.165, 1.54) is 22.6 Å². The highest BCUT2D eigenvalue weighted by atomic mass is 32.2. The predicted molar refractivity (Wildman–Crippen MR) is 110 cm³/mol. The number of amides is 1. The quantitative estimate of drug-likeness (QED) is 0.732. The molecule has 30 heavy (non-hydrogen) atoms. The number of nitrogens with one attached hydrogen (secondary N) is 1. The van der Waals surface area contributed by atoms with Crippen LogP contribution in [-0.2, 0) is 26.5 Å². The molecule has 1 amide bonds. The van der Waals surface area contributed by atoms with Crippen LogP contribution < -0.4 is 10.7 Å². The van der Waals surface area contributed by atoms with E-state index < -0.39 is 21.4 Å². The minimum atomic E-state index is -3.75. The largest absolute Gasteiger partial charge is 0.379 e. The minimum Gasteiger partial charge on any atom is -0.379 e. The molecular weight excluding hydrogens is 410 g/mol. The van der Waals surface area contributed by atoms with Crippen molar-refractivity contribution < 1.29 is 22.7 Å². The van der Waals surface area contributed by atoms with Crippen molar-refractivity contribution in [3.63, 3.8) is 0 Å². The maximum Gasteiger partial charge on any atom is 0.256 e. The van der Waals surface area contributed by atoms with Gasteiger partial charge in [-0.05, 0) is 31.0 Å². The Kier molecular flexibility index (Phi) is 5.92. The maximum absolute atomic E-state index is 13.0. The zero-order valence-electron chi connectivity index (χ0n) is 16.8. The van der Waals surface area contributed by atoms with Crippen LogP contribution in [0.1, 0.15) is 23.2 Å². The Bertz CT molecular complexity index is 1120. The van der Waals surface area contributed by atoms with Crippen LogP contribution in [0.4, 0.5) is 0 Å². The van der Waals surface area contributed by atoms with E-state index in [0.29, 0.717) is 31.9 Å². The first-order valence-corrected chi connectivity index (χ1v) is 11.4. The number of aryl methyl sites for hydroxylation is 1. The van der Waals surface area contributed by atoms with Gasteiger partial charge in [-0.2, -0.15) is 4.31 Å². The summed E-state index contributed by atoms with van der Waals surface area (Å²) in [4.78, 5) is 25.7. The zero-order chi connectivity index (χ0) is 21.3. The number of carbonyl (C=O) groups is 1. The van der Waals surface area contributed by atoms with E-state index in [4.69, 9.17) is 9.47 Å². The Morgan fingerprint density at radius 3 is 2.70 bits per heavy atom. The smallest absolute Gasteiger partial charge is 0.256 e. The summed E-state index contributed by atoms with van der Waals surface area (Å²) in [5.41, 5.74) is 0.0347. The number of hydrogen-bond donors (Lipinski definition) is 1. The first-order valence-electron chi connectivity index (χ1n) is 9.99. The van der Waals surface area contributed by atoms with Gasteiger partial charge in [-0.1, -0.05) is 0 Å². The predicted octanol–water partition coefficient (Wildman–Crippen LogP) is 0.468. The number of hydrogen-bond acceptors (Lipinski definition) is 6. The van der Waals surface area contributed by atoms with Crippen molar-refractivity contribution in [2.24, 2.45) is 7.05 Å². The van der Waals surface area contributed by atoms with Crippen molar-refractivity contribution in [3.8, 4) is 0 Å². The van der Waals surface area contributed by atoms with Crippen LogP contribution in [0.25, 0.3) is 10.9 Å². The fourth-order valence-electron chi connectivity index (χ4n) is 3.84. The monoisotopic (exact) mass is 435 g/mol. The van der Waals surface area contributed by atoms with Crippen molar-refractivity contribution >= 4 is 26.8 Å². The lowest BCUT2D eigenvalue weighted by atomic mass is 10.1. The number of rotatable bonds is 5. The highest BCUT2D eigenvalue weighted by Gasteiger charge is 2.27. The zero-order valence-corrected chi connectivity index (χ0v) is 17.6. The molecule has 1 N–H and O–H groups in total. The van der Waals surface area contributed by atoms with Crippen molar-refractivity contribution in [3.05, 3.63) is 40.2 Å². The lowest BCUT2D eigenvalue weighted by molar-refractivity contribution is 0.0730. The Morgan fingerprint density at radius 1 is 1.23 bits per heavy atom. The number of pyridine rings is 1. The fourth-order valence-corrected chi connectivity index (χ4v) is 5.27. The molecule has 0 spiro atoms. The van der Waals surface area contributed by atoms with E-state index in [-0.39, 0.29) is 35.0 Å². The summed E-state index contributed by atoms with van der Waals surface area (Å²) in [6.45, 7) is 2.23. The van der Waals surface area contributed by atoms with Crippen LogP contribution in [-0.4, -0.2) is 68.8 Å². The molecule has 9 nitrogen and oxygen atoms in total. The summed E-state index contributed by atoms with van der Waals surface area (Å²) >= 11 is 0. The number of ether oxygens (including phenoxy) is 2. The second-order valence-electron chi connectivity index (χ2n) is 7.52. The molecule has 2 aliphatic rings. The molecular formula is C20H25N3O6S. The van der Waals surface area contributed by atoms with Gasteiger partial charge >= 0.3 is 0 Å². The third kappa shape index (κ3) is 4.00. The first-order chi connectivity index (χ1) is 14.4. The molecule has 2 aromatic rings. The van der Waals surface area contributed by atoms with Gasteiger partial charge in [-0.3, -0.25) is 9.59 Å². The molecule has 0 bridgehead atoms. The Labute approximate surface area is 174 Å². The van der Waals surface area contributed by atoms with Crippen LogP contribution in [0, 0.1) is 0 Å². The molecule has 10 heteroatoms. The molecule has 4 rings (SSSR count). The lowest BCUT2D eigenvalue weighted by Gasteiger charge is -2.26. The van der Waals surface area contributed by atoms with Gasteiger partial charge in [0.1, 0.15) is 5.56 Å². The number of benzene rings is 1. The average Bonchev–Trinajstić information content (AvgIpc) is 3.28. The van der Waals surface area contributed by atoms with Crippen LogP contribution >= 0.6 is 0 Å². The number of morpholine rings is 1. The van der Waals surface area contributed by atoms with Crippen LogP contribution in [0.3, 0.4) is 0 Å². The Morgan fingerprint density at radius 2 is 2.00 bits per heavy atom. The van der Waals surface area contributed by atoms with Crippen LogP contribution in [0.15, 0.2) is 34.1 Å². The first kappa shape index (κ1) is 21.0. The molecule has 1 atom stereocenters. The van der Waals surface area contributed by atoms with Gasteiger partial charge in [-0.15, -0.1) is 0 Å². The van der Waals surface area contributed by atoms with Crippen LogP contribution in [0.2, 0.25) is 0 Å². The Balaban J connectivity index is 1.67. The molecule has 1 aromatic heterocycles. The van der Waals surface area contributed by atoms with Crippen molar-refractivity contribution in [2.45, 2.75) is 23.8 Å². The molecule has 0 radical (unpaired) electrons. The summed E-state index contributed by atoms with van der Waals surface area (Å²) in [5, 5.41) is 2.94. The molecule has 162 valence electrons. The van der Waals surface area contributed by atoms with Gasteiger partial charge in [0, 0.05) is 44.9 Å². The van der Waals surface area contributed by atoms with Crippen molar-refractivity contribution in [1.82, 2.24) is 14.2 Å². The Hall–Kier alpha value is -2.27. The van der Waals surface area contributed by atoms with Gasteiger partial charge in [0.2, 0.25) is 15.5 Å². The van der Waals surface area contributed by atoms with E-state index >= 15 is 0 Å². The number of fused-ring (bicyclic) bond motifs is 1. The minimum absolute atomic E-state index is 0.0242. The van der Waals surface area contributed by atoms with Gasteiger partial charge < -0.3 is 19.4 Å². The summed E-state index contributed by atoms with van der Waals surface area (Å²) < 4.78 is 39.7. The highest BCUT2D eigenvalue weighted by Crippen LogP contribution is 2.21. The molecule has 0 saturated carbocycles. The highest BCUT2D eigenvalue weighted by molar-refractivity contribution is 7.89. The molecule has 2 saturated heterocycles. The third-order valence-electron chi connectivity index (χ3n) is 5.53.